The molecule has 2 atom stereocenters. The fraction of sp³-hybridized carbons (Fsp3) is 0.923. The standard InChI is InChI=1S/C13H24N2O3/c1-13(2,3)18-12(16)15-6-7-17-11(9-15)10-4-5-14-8-10/h10-11,14H,4-9H2,1-3H3. The summed E-state index contributed by atoms with van der Waals surface area (Å²) in [6.45, 7) is 9.62. The topological polar surface area (TPSA) is 50.8 Å². The fourth-order valence-electron chi connectivity index (χ4n) is 2.45. The van der Waals surface area contributed by atoms with Crippen LogP contribution >= 0.6 is 0 Å². The molecule has 104 valence electrons. The van der Waals surface area contributed by atoms with Crippen LogP contribution in [-0.4, -0.2) is 55.5 Å². The molecule has 2 saturated heterocycles. The molecule has 5 nitrogen and oxygen atoms in total. The van der Waals surface area contributed by atoms with Crippen molar-refractivity contribution in [3.63, 3.8) is 0 Å². The van der Waals surface area contributed by atoms with Crippen LogP contribution in [0.3, 0.4) is 0 Å². The molecule has 2 fully saturated rings. The highest BCUT2D eigenvalue weighted by atomic mass is 16.6. The van der Waals surface area contributed by atoms with Gasteiger partial charge < -0.3 is 19.7 Å². The number of carbonyl (C=O) groups is 1. The number of carbonyl (C=O) groups excluding carboxylic acids is 1. The lowest BCUT2D eigenvalue weighted by atomic mass is 10.0. The molecule has 0 saturated carbocycles. The zero-order chi connectivity index (χ0) is 13.2. The Labute approximate surface area is 109 Å². The third-order valence-electron chi connectivity index (χ3n) is 3.37. The Hall–Kier alpha value is -0.810. The predicted molar refractivity (Wildman–Crippen MR) is 68.5 cm³/mol. The molecule has 0 aromatic carbocycles. The van der Waals surface area contributed by atoms with E-state index < -0.39 is 5.60 Å². The lowest BCUT2D eigenvalue weighted by Gasteiger charge is -2.36. The van der Waals surface area contributed by atoms with E-state index in [9.17, 15) is 4.79 Å². The number of hydrogen-bond donors (Lipinski definition) is 1. The van der Waals surface area contributed by atoms with Gasteiger partial charge in [-0.3, -0.25) is 0 Å². The first kappa shape index (κ1) is 13.6. The van der Waals surface area contributed by atoms with Crippen LogP contribution in [0.2, 0.25) is 0 Å². The third kappa shape index (κ3) is 3.59. The molecule has 18 heavy (non-hydrogen) atoms. The van der Waals surface area contributed by atoms with Crippen LogP contribution in [0.25, 0.3) is 0 Å². The van der Waals surface area contributed by atoms with Gasteiger partial charge in [0, 0.05) is 19.0 Å². The summed E-state index contributed by atoms with van der Waals surface area (Å²) in [5.41, 5.74) is -0.431. The summed E-state index contributed by atoms with van der Waals surface area (Å²) in [6.07, 6.45) is 1.07. The van der Waals surface area contributed by atoms with Crippen LogP contribution in [0.1, 0.15) is 27.2 Å². The first-order valence-electron chi connectivity index (χ1n) is 6.76. The van der Waals surface area contributed by atoms with Crippen molar-refractivity contribution in [1.29, 1.82) is 0 Å². The Balaban J connectivity index is 1.87. The maximum absolute atomic E-state index is 12.0. The fourth-order valence-corrected chi connectivity index (χ4v) is 2.45. The molecule has 1 N–H and O–H groups in total. The SMILES string of the molecule is CC(C)(C)OC(=O)N1CCOC(C2CCNC2)C1. The van der Waals surface area contributed by atoms with Crippen molar-refractivity contribution >= 4 is 6.09 Å². The monoisotopic (exact) mass is 256 g/mol. The minimum Gasteiger partial charge on any atom is -0.444 e. The van der Waals surface area contributed by atoms with Crippen molar-refractivity contribution < 1.29 is 14.3 Å². The number of amides is 1. The van der Waals surface area contributed by atoms with Crippen LogP contribution in [0.5, 0.6) is 0 Å². The first-order valence-corrected chi connectivity index (χ1v) is 6.76. The maximum atomic E-state index is 12.0. The van der Waals surface area contributed by atoms with Crippen LogP contribution in [0, 0.1) is 5.92 Å². The molecule has 0 radical (unpaired) electrons. The molecule has 0 bridgehead atoms. The van der Waals surface area contributed by atoms with E-state index in [1.165, 1.54) is 0 Å². The van der Waals surface area contributed by atoms with Gasteiger partial charge in [0.2, 0.25) is 0 Å². The van der Waals surface area contributed by atoms with E-state index in [-0.39, 0.29) is 12.2 Å². The number of nitrogens with zero attached hydrogens (tertiary/aromatic N) is 1. The van der Waals surface area contributed by atoms with Crippen molar-refractivity contribution in [1.82, 2.24) is 10.2 Å². The largest absolute Gasteiger partial charge is 0.444 e. The second-order valence-corrected chi connectivity index (χ2v) is 6.09. The van der Waals surface area contributed by atoms with Crippen molar-refractivity contribution in [2.24, 2.45) is 5.92 Å². The molecule has 2 aliphatic rings. The van der Waals surface area contributed by atoms with Gasteiger partial charge in [-0.05, 0) is 33.7 Å². The highest BCUT2D eigenvalue weighted by Crippen LogP contribution is 2.21. The van der Waals surface area contributed by atoms with Gasteiger partial charge in [0.1, 0.15) is 5.60 Å². The number of hydrogen-bond acceptors (Lipinski definition) is 4. The molecule has 0 aromatic heterocycles. The van der Waals surface area contributed by atoms with E-state index in [1.807, 2.05) is 20.8 Å². The van der Waals surface area contributed by atoms with E-state index in [0.717, 1.165) is 19.5 Å². The zero-order valence-corrected chi connectivity index (χ0v) is 11.6. The van der Waals surface area contributed by atoms with E-state index in [0.29, 0.717) is 25.6 Å². The van der Waals surface area contributed by atoms with Crippen LogP contribution < -0.4 is 5.32 Å². The predicted octanol–water partition coefficient (Wildman–Crippen LogP) is 1.23. The summed E-state index contributed by atoms with van der Waals surface area (Å²) < 4.78 is 11.2. The van der Waals surface area contributed by atoms with E-state index in [1.54, 1.807) is 4.90 Å². The molecule has 0 aliphatic carbocycles. The van der Waals surface area contributed by atoms with Crippen molar-refractivity contribution in [2.45, 2.75) is 38.9 Å². The van der Waals surface area contributed by atoms with Gasteiger partial charge in [0.25, 0.3) is 0 Å². The normalized spacial score (nSPS) is 29.4. The Morgan fingerprint density at radius 2 is 2.22 bits per heavy atom. The van der Waals surface area contributed by atoms with Gasteiger partial charge in [-0.15, -0.1) is 0 Å². The summed E-state index contributed by atoms with van der Waals surface area (Å²) in [5.74, 6) is 0.523. The number of ether oxygens (including phenoxy) is 2. The van der Waals surface area contributed by atoms with Crippen LogP contribution in [-0.2, 0) is 9.47 Å². The van der Waals surface area contributed by atoms with E-state index >= 15 is 0 Å². The third-order valence-corrected chi connectivity index (χ3v) is 3.37. The molecule has 0 aromatic rings. The minimum atomic E-state index is -0.431. The Morgan fingerprint density at radius 3 is 2.83 bits per heavy atom. The minimum absolute atomic E-state index is 0.154. The average molecular weight is 256 g/mol. The number of rotatable bonds is 1. The van der Waals surface area contributed by atoms with Gasteiger partial charge >= 0.3 is 6.09 Å². The first-order chi connectivity index (χ1) is 8.46. The van der Waals surface area contributed by atoms with Gasteiger partial charge in [-0.2, -0.15) is 0 Å². The lowest BCUT2D eigenvalue weighted by molar-refractivity contribution is -0.0604. The second kappa shape index (κ2) is 5.45. The number of morpholine rings is 1. The highest BCUT2D eigenvalue weighted by Gasteiger charge is 2.33. The summed E-state index contributed by atoms with van der Waals surface area (Å²) in [7, 11) is 0. The van der Waals surface area contributed by atoms with Crippen molar-refractivity contribution in [2.75, 3.05) is 32.8 Å². The Morgan fingerprint density at radius 1 is 1.44 bits per heavy atom. The molecule has 2 heterocycles. The molecule has 0 spiro atoms. The highest BCUT2D eigenvalue weighted by molar-refractivity contribution is 5.68. The molecule has 2 rings (SSSR count). The second-order valence-electron chi connectivity index (χ2n) is 6.09. The van der Waals surface area contributed by atoms with Gasteiger partial charge in [-0.25, -0.2) is 4.79 Å². The molecular weight excluding hydrogens is 232 g/mol. The summed E-state index contributed by atoms with van der Waals surface area (Å²) in [4.78, 5) is 13.8. The van der Waals surface area contributed by atoms with Gasteiger partial charge in [-0.1, -0.05) is 0 Å². The Bertz CT molecular complexity index is 295. The molecule has 2 unspecified atom stereocenters. The smallest absolute Gasteiger partial charge is 0.410 e. The maximum Gasteiger partial charge on any atom is 0.410 e. The number of nitrogens with one attached hydrogen (secondary N) is 1. The lowest BCUT2D eigenvalue weighted by Crippen LogP contribution is -2.50. The zero-order valence-electron chi connectivity index (χ0n) is 11.6. The molecule has 5 heteroatoms. The molecule has 1 amide bonds. The average Bonchev–Trinajstić information content (AvgIpc) is 2.80. The van der Waals surface area contributed by atoms with Crippen LogP contribution in [0.4, 0.5) is 4.79 Å². The summed E-state index contributed by atoms with van der Waals surface area (Å²) in [6, 6.07) is 0. The Kier molecular flexibility index (Phi) is 4.12. The van der Waals surface area contributed by atoms with E-state index in [4.69, 9.17) is 9.47 Å². The van der Waals surface area contributed by atoms with Gasteiger partial charge in [0.05, 0.1) is 19.3 Å². The van der Waals surface area contributed by atoms with E-state index in [2.05, 4.69) is 5.32 Å². The van der Waals surface area contributed by atoms with Gasteiger partial charge in [0.15, 0.2) is 0 Å². The summed E-state index contributed by atoms with van der Waals surface area (Å²) in [5, 5.41) is 3.34. The quantitative estimate of drug-likeness (QED) is 0.766. The van der Waals surface area contributed by atoms with Crippen molar-refractivity contribution in [3.8, 4) is 0 Å². The molecule has 2 aliphatic heterocycles. The summed E-state index contributed by atoms with van der Waals surface area (Å²) >= 11 is 0. The van der Waals surface area contributed by atoms with Crippen LogP contribution in [0.15, 0.2) is 0 Å². The van der Waals surface area contributed by atoms with Crippen molar-refractivity contribution in [3.05, 3.63) is 0 Å². The molecular formula is C13H24N2O3.